The lowest BCUT2D eigenvalue weighted by Gasteiger charge is -2.13. The second kappa shape index (κ2) is 7.70. The standard InChI is InChI=1S/C16H18ClF3N4/c1-3-4-7-21-14-8-10(2)22-15(24-14)23-13-9-11(16(18,19)20)5-6-12(13)17/h5-6,8-9H,3-4,7H2,1-2H3,(H2,21,22,23,24). The van der Waals surface area contributed by atoms with Crippen molar-refractivity contribution >= 4 is 29.1 Å². The second-order valence-corrected chi connectivity index (χ2v) is 5.72. The minimum atomic E-state index is -4.44. The van der Waals surface area contributed by atoms with Gasteiger partial charge in [0.25, 0.3) is 0 Å². The molecule has 2 N–H and O–H groups in total. The summed E-state index contributed by atoms with van der Waals surface area (Å²) in [5, 5.41) is 6.08. The molecule has 0 fully saturated rings. The van der Waals surface area contributed by atoms with E-state index in [0.717, 1.165) is 31.5 Å². The number of aromatic nitrogens is 2. The highest BCUT2D eigenvalue weighted by Crippen LogP contribution is 2.34. The molecule has 0 atom stereocenters. The first-order valence-corrected chi connectivity index (χ1v) is 7.90. The number of nitrogens with one attached hydrogen (secondary N) is 2. The second-order valence-electron chi connectivity index (χ2n) is 5.32. The van der Waals surface area contributed by atoms with Crippen LogP contribution in [0.5, 0.6) is 0 Å². The molecule has 0 aliphatic carbocycles. The lowest BCUT2D eigenvalue weighted by atomic mass is 10.2. The van der Waals surface area contributed by atoms with E-state index in [0.29, 0.717) is 11.5 Å². The smallest absolute Gasteiger partial charge is 0.370 e. The Morgan fingerprint density at radius 2 is 1.92 bits per heavy atom. The van der Waals surface area contributed by atoms with E-state index in [1.54, 1.807) is 13.0 Å². The monoisotopic (exact) mass is 358 g/mol. The number of aryl methyl sites for hydroxylation is 1. The van der Waals surface area contributed by atoms with E-state index in [1.807, 2.05) is 0 Å². The summed E-state index contributed by atoms with van der Waals surface area (Å²) >= 11 is 5.98. The molecule has 8 heteroatoms. The molecule has 0 saturated carbocycles. The van der Waals surface area contributed by atoms with Crippen LogP contribution in [0, 0.1) is 6.92 Å². The van der Waals surface area contributed by atoms with Crippen LogP contribution in [0.15, 0.2) is 24.3 Å². The third-order valence-corrected chi connectivity index (χ3v) is 3.56. The highest BCUT2D eigenvalue weighted by atomic mass is 35.5. The molecule has 1 heterocycles. The Balaban J connectivity index is 2.24. The average Bonchev–Trinajstić information content (AvgIpc) is 2.48. The van der Waals surface area contributed by atoms with Gasteiger partial charge in [-0.1, -0.05) is 24.9 Å². The Hall–Kier alpha value is -2.02. The van der Waals surface area contributed by atoms with Gasteiger partial charge in [-0.15, -0.1) is 0 Å². The van der Waals surface area contributed by atoms with Gasteiger partial charge < -0.3 is 10.6 Å². The van der Waals surface area contributed by atoms with Gasteiger partial charge in [0.15, 0.2) is 0 Å². The normalized spacial score (nSPS) is 11.4. The van der Waals surface area contributed by atoms with Crippen molar-refractivity contribution in [2.45, 2.75) is 32.9 Å². The zero-order valence-corrected chi connectivity index (χ0v) is 14.1. The van der Waals surface area contributed by atoms with Crippen LogP contribution in [0.4, 0.5) is 30.6 Å². The van der Waals surface area contributed by atoms with Crippen LogP contribution >= 0.6 is 11.6 Å². The Bertz CT molecular complexity index is 704. The van der Waals surface area contributed by atoms with Crippen molar-refractivity contribution in [3.05, 3.63) is 40.5 Å². The fraction of sp³-hybridized carbons (Fsp3) is 0.375. The Labute approximate surface area is 143 Å². The van der Waals surface area contributed by atoms with E-state index in [1.165, 1.54) is 6.07 Å². The number of nitrogens with zero attached hydrogens (tertiary/aromatic N) is 2. The van der Waals surface area contributed by atoms with Crippen LogP contribution in [0.3, 0.4) is 0 Å². The summed E-state index contributed by atoms with van der Waals surface area (Å²) in [5.41, 5.74) is 0.00884. The fourth-order valence-corrected chi connectivity index (χ4v) is 2.19. The fourth-order valence-electron chi connectivity index (χ4n) is 2.03. The molecule has 0 radical (unpaired) electrons. The quantitative estimate of drug-likeness (QED) is 0.677. The number of halogens is 4. The van der Waals surface area contributed by atoms with Crippen LogP contribution in [0.25, 0.3) is 0 Å². The maximum absolute atomic E-state index is 12.8. The van der Waals surface area contributed by atoms with E-state index in [9.17, 15) is 13.2 Å². The number of anilines is 3. The van der Waals surface area contributed by atoms with Gasteiger partial charge in [-0.25, -0.2) is 4.98 Å². The molecule has 0 spiro atoms. The van der Waals surface area contributed by atoms with E-state index in [2.05, 4.69) is 27.5 Å². The topological polar surface area (TPSA) is 49.8 Å². The summed E-state index contributed by atoms with van der Waals surface area (Å²) in [4.78, 5) is 8.45. The zero-order chi connectivity index (χ0) is 17.7. The molecule has 130 valence electrons. The number of rotatable bonds is 6. The van der Waals surface area contributed by atoms with E-state index < -0.39 is 11.7 Å². The van der Waals surface area contributed by atoms with Crippen molar-refractivity contribution in [3.63, 3.8) is 0 Å². The molecule has 0 saturated heterocycles. The van der Waals surface area contributed by atoms with Gasteiger partial charge in [0.2, 0.25) is 5.95 Å². The molecular formula is C16H18ClF3N4. The number of hydrogen-bond donors (Lipinski definition) is 2. The number of alkyl halides is 3. The lowest BCUT2D eigenvalue weighted by Crippen LogP contribution is -2.08. The number of hydrogen-bond acceptors (Lipinski definition) is 4. The predicted molar refractivity (Wildman–Crippen MR) is 89.9 cm³/mol. The Morgan fingerprint density at radius 1 is 1.17 bits per heavy atom. The molecule has 0 amide bonds. The average molecular weight is 359 g/mol. The van der Waals surface area contributed by atoms with Gasteiger partial charge in [-0.05, 0) is 31.5 Å². The van der Waals surface area contributed by atoms with E-state index >= 15 is 0 Å². The molecule has 2 rings (SSSR count). The maximum Gasteiger partial charge on any atom is 0.416 e. The molecule has 24 heavy (non-hydrogen) atoms. The minimum absolute atomic E-state index is 0.108. The molecule has 4 nitrogen and oxygen atoms in total. The first kappa shape index (κ1) is 18.3. The summed E-state index contributed by atoms with van der Waals surface area (Å²) < 4.78 is 38.5. The largest absolute Gasteiger partial charge is 0.416 e. The van der Waals surface area contributed by atoms with E-state index in [4.69, 9.17) is 11.6 Å². The van der Waals surface area contributed by atoms with Crippen molar-refractivity contribution < 1.29 is 13.2 Å². The van der Waals surface area contributed by atoms with Crippen molar-refractivity contribution in [3.8, 4) is 0 Å². The summed E-state index contributed by atoms with van der Waals surface area (Å²) in [7, 11) is 0. The van der Waals surface area contributed by atoms with Crippen LogP contribution in [0.1, 0.15) is 31.0 Å². The van der Waals surface area contributed by atoms with Gasteiger partial charge in [0, 0.05) is 18.3 Å². The van der Waals surface area contributed by atoms with Crippen molar-refractivity contribution in [2.24, 2.45) is 0 Å². The molecule has 0 bridgehead atoms. The first-order valence-electron chi connectivity index (χ1n) is 7.53. The summed E-state index contributed by atoms with van der Waals surface area (Å²) in [6.07, 6.45) is -2.41. The SMILES string of the molecule is CCCCNc1cc(C)nc(Nc2cc(C(F)(F)F)ccc2Cl)n1. The summed E-state index contributed by atoms with van der Waals surface area (Å²) in [6.45, 7) is 4.62. The highest BCUT2D eigenvalue weighted by Gasteiger charge is 2.31. The van der Waals surface area contributed by atoms with Crippen LogP contribution in [-0.4, -0.2) is 16.5 Å². The van der Waals surface area contributed by atoms with Crippen molar-refractivity contribution in [1.29, 1.82) is 0 Å². The third-order valence-electron chi connectivity index (χ3n) is 3.23. The summed E-state index contributed by atoms with van der Waals surface area (Å²) in [5.74, 6) is 0.803. The molecule has 1 aromatic carbocycles. The highest BCUT2D eigenvalue weighted by molar-refractivity contribution is 6.33. The number of unbranched alkanes of at least 4 members (excludes halogenated alkanes) is 1. The molecule has 1 aromatic heterocycles. The lowest BCUT2D eigenvalue weighted by molar-refractivity contribution is -0.137. The molecule has 2 aromatic rings. The Kier molecular flexibility index (Phi) is 5.88. The van der Waals surface area contributed by atoms with Crippen LogP contribution in [-0.2, 0) is 6.18 Å². The number of benzene rings is 1. The minimum Gasteiger partial charge on any atom is -0.370 e. The third kappa shape index (κ3) is 4.99. The molecular weight excluding hydrogens is 341 g/mol. The molecule has 0 unspecified atom stereocenters. The van der Waals surface area contributed by atoms with Gasteiger partial charge in [0.1, 0.15) is 5.82 Å². The first-order chi connectivity index (χ1) is 11.3. The van der Waals surface area contributed by atoms with Gasteiger partial charge in [-0.2, -0.15) is 18.2 Å². The van der Waals surface area contributed by atoms with E-state index in [-0.39, 0.29) is 16.7 Å². The summed E-state index contributed by atoms with van der Waals surface area (Å²) in [6, 6.07) is 4.85. The Morgan fingerprint density at radius 3 is 2.58 bits per heavy atom. The van der Waals surface area contributed by atoms with Crippen molar-refractivity contribution in [1.82, 2.24) is 9.97 Å². The van der Waals surface area contributed by atoms with Gasteiger partial charge >= 0.3 is 6.18 Å². The molecule has 0 aliphatic rings. The zero-order valence-electron chi connectivity index (χ0n) is 13.3. The molecule has 0 aliphatic heterocycles. The predicted octanol–water partition coefficient (Wildman–Crippen LogP) is 5.41. The maximum atomic E-state index is 12.8. The van der Waals surface area contributed by atoms with Gasteiger partial charge in [-0.3, -0.25) is 0 Å². The van der Waals surface area contributed by atoms with Gasteiger partial charge in [0.05, 0.1) is 16.3 Å². The van der Waals surface area contributed by atoms with Crippen LogP contribution in [0.2, 0.25) is 5.02 Å². The van der Waals surface area contributed by atoms with Crippen molar-refractivity contribution in [2.75, 3.05) is 17.2 Å². The van der Waals surface area contributed by atoms with Crippen LogP contribution < -0.4 is 10.6 Å².